The second-order valence-electron chi connectivity index (χ2n) is 4.87. The Balaban J connectivity index is 1.90. The Morgan fingerprint density at radius 2 is 2.10 bits per heavy atom. The van der Waals surface area contributed by atoms with Gasteiger partial charge in [0.05, 0.1) is 0 Å². The van der Waals surface area contributed by atoms with Crippen LogP contribution in [0.4, 0.5) is 5.69 Å². The number of carbonyl (C=O) groups excluding carboxylic acids is 2. The number of hydrogen-bond donors (Lipinski definition) is 2. The van der Waals surface area contributed by atoms with Gasteiger partial charge in [-0.3, -0.25) is 9.59 Å². The van der Waals surface area contributed by atoms with Gasteiger partial charge in [0.25, 0.3) is 5.91 Å². The summed E-state index contributed by atoms with van der Waals surface area (Å²) in [7, 11) is 1.55. The van der Waals surface area contributed by atoms with Crippen molar-refractivity contribution in [2.75, 3.05) is 32.2 Å². The number of likely N-dealkylation sites (N-methyl/N-ethyl adjacent to an activating group) is 1. The number of ether oxygens (including phenoxy) is 2. The van der Waals surface area contributed by atoms with Crippen molar-refractivity contribution < 1.29 is 19.1 Å². The second kappa shape index (κ2) is 7.64. The molecule has 1 aliphatic heterocycles. The number of nitrogens with one attached hydrogen (secondary N) is 2. The Labute approximate surface area is 123 Å². The molecule has 1 heterocycles. The number of amides is 2. The van der Waals surface area contributed by atoms with Gasteiger partial charge in [-0.05, 0) is 25.0 Å². The molecular weight excluding hydrogens is 272 g/mol. The van der Waals surface area contributed by atoms with Gasteiger partial charge in [0.1, 0.15) is 5.75 Å². The molecule has 1 aromatic rings. The third kappa shape index (κ3) is 4.75. The van der Waals surface area contributed by atoms with E-state index in [2.05, 4.69) is 10.6 Å². The smallest absolute Gasteiger partial charge is 0.257 e. The van der Waals surface area contributed by atoms with Crippen molar-refractivity contribution in [2.24, 2.45) is 5.92 Å². The third-order valence-electron chi connectivity index (χ3n) is 3.34. The first-order valence-corrected chi connectivity index (χ1v) is 7.01. The first kappa shape index (κ1) is 15.3. The zero-order chi connectivity index (χ0) is 15.1. The molecule has 0 radical (unpaired) electrons. The summed E-state index contributed by atoms with van der Waals surface area (Å²) in [5.74, 6) is 0.339. The molecule has 1 aliphatic rings. The summed E-state index contributed by atoms with van der Waals surface area (Å²) in [5.41, 5.74) is 0.667. The van der Waals surface area contributed by atoms with Crippen LogP contribution in [0.1, 0.15) is 12.8 Å². The van der Waals surface area contributed by atoms with Crippen molar-refractivity contribution >= 4 is 17.5 Å². The van der Waals surface area contributed by atoms with Crippen molar-refractivity contribution in [2.45, 2.75) is 12.8 Å². The van der Waals surface area contributed by atoms with Gasteiger partial charge in [-0.2, -0.15) is 0 Å². The highest BCUT2D eigenvalue weighted by molar-refractivity contribution is 5.92. The molecule has 0 spiro atoms. The molecule has 0 aromatic heterocycles. The molecule has 2 amide bonds. The summed E-state index contributed by atoms with van der Waals surface area (Å²) >= 11 is 0. The summed E-state index contributed by atoms with van der Waals surface area (Å²) in [6, 6.07) is 7.02. The van der Waals surface area contributed by atoms with Gasteiger partial charge in [0, 0.05) is 37.9 Å². The van der Waals surface area contributed by atoms with Crippen LogP contribution in [0.2, 0.25) is 0 Å². The number of rotatable bonds is 5. The minimum absolute atomic E-state index is 0.00162. The van der Waals surface area contributed by atoms with Crippen LogP contribution >= 0.6 is 0 Å². The minimum atomic E-state index is -0.202. The quantitative estimate of drug-likeness (QED) is 0.854. The highest BCUT2D eigenvalue weighted by atomic mass is 16.5. The van der Waals surface area contributed by atoms with Crippen LogP contribution < -0.4 is 15.4 Å². The van der Waals surface area contributed by atoms with Crippen molar-refractivity contribution in [3.63, 3.8) is 0 Å². The maximum atomic E-state index is 12.1. The fourth-order valence-electron chi connectivity index (χ4n) is 2.09. The minimum Gasteiger partial charge on any atom is -0.484 e. The zero-order valence-corrected chi connectivity index (χ0v) is 12.1. The molecule has 0 unspecified atom stereocenters. The highest BCUT2D eigenvalue weighted by Crippen LogP contribution is 2.20. The average molecular weight is 292 g/mol. The Kier molecular flexibility index (Phi) is 5.57. The SMILES string of the molecule is CNC(=O)COc1cccc(NC(=O)C2CCOCC2)c1. The molecule has 1 fully saturated rings. The first-order valence-electron chi connectivity index (χ1n) is 7.01. The van der Waals surface area contributed by atoms with Crippen LogP contribution in [-0.4, -0.2) is 38.7 Å². The molecular formula is C15H20N2O4. The van der Waals surface area contributed by atoms with E-state index in [4.69, 9.17) is 9.47 Å². The third-order valence-corrected chi connectivity index (χ3v) is 3.34. The van der Waals surface area contributed by atoms with Crippen LogP contribution in [0.5, 0.6) is 5.75 Å². The topological polar surface area (TPSA) is 76.7 Å². The van der Waals surface area contributed by atoms with E-state index in [1.807, 2.05) is 0 Å². The van der Waals surface area contributed by atoms with Crippen LogP contribution in [0.15, 0.2) is 24.3 Å². The molecule has 1 aromatic carbocycles. The van der Waals surface area contributed by atoms with Gasteiger partial charge in [0.2, 0.25) is 5.91 Å². The van der Waals surface area contributed by atoms with Crippen LogP contribution in [0.25, 0.3) is 0 Å². The molecule has 0 atom stereocenters. The standard InChI is InChI=1S/C15H20N2O4/c1-16-14(18)10-21-13-4-2-3-12(9-13)17-15(19)11-5-7-20-8-6-11/h2-4,9,11H,5-8,10H2,1H3,(H,16,18)(H,17,19). The molecule has 6 heteroatoms. The Morgan fingerprint density at radius 3 is 2.81 bits per heavy atom. The van der Waals surface area contributed by atoms with E-state index in [-0.39, 0.29) is 24.3 Å². The van der Waals surface area contributed by atoms with Gasteiger partial charge < -0.3 is 20.1 Å². The number of carbonyl (C=O) groups is 2. The highest BCUT2D eigenvalue weighted by Gasteiger charge is 2.21. The maximum Gasteiger partial charge on any atom is 0.257 e. The Morgan fingerprint density at radius 1 is 1.33 bits per heavy atom. The van der Waals surface area contributed by atoms with E-state index in [9.17, 15) is 9.59 Å². The van der Waals surface area contributed by atoms with E-state index in [0.717, 1.165) is 12.8 Å². The van der Waals surface area contributed by atoms with E-state index in [1.54, 1.807) is 31.3 Å². The lowest BCUT2D eigenvalue weighted by atomic mass is 9.99. The Hall–Kier alpha value is -2.08. The first-order chi connectivity index (χ1) is 10.2. The summed E-state index contributed by atoms with van der Waals surface area (Å²) in [4.78, 5) is 23.3. The summed E-state index contributed by atoms with van der Waals surface area (Å²) in [5, 5.41) is 5.36. The largest absolute Gasteiger partial charge is 0.484 e. The number of benzene rings is 1. The fourth-order valence-corrected chi connectivity index (χ4v) is 2.09. The fraction of sp³-hybridized carbons (Fsp3) is 0.467. The molecule has 2 N–H and O–H groups in total. The lowest BCUT2D eigenvalue weighted by molar-refractivity contribution is -0.123. The predicted molar refractivity (Wildman–Crippen MR) is 78.2 cm³/mol. The van der Waals surface area contributed by atoms with E-state index in [0.29, 0.717) is 24.7 Å². The van der Waals surface area contributed by atoms with E-state index >= 15 is 0 Å². The molecule has 0 saturated carbocycles. The van der Waals surface area contributed by atoms with Crippen molar-refractivity contribution in [1.82, 2.24) is 5.32 Å². The predicted octanol–water partition coefficient (Wildman–Crippen LogP) is 1.18. The molecule has 114 valence electrons. The molecule has 21 heavy (non-hydrogen) atoms. The summed E-state index contributed by atoms with van der Waals surface area (Å²) < 4.78 is 10.6. The van der Waals surface area contributed by atoms with Gasteiger partial charge in [0.15, 0.2) is 6.61 Å². The number of anilines is 1. The lowest BCUT2D eigenvalue weighted by Crippen LogP contribution is -2.28. The Bertz CT molecular complexity index is 498. The van der Waals surface area contributed by atoms with Crippen molar-refractivity contribution in [3.05, 3.63) is 24.3 Å². The van der Waals surface area contributed by atoms with E-state index in [1.165, 1.54) is 0 Å². The normalized spacial score (nSPS) is 15.3. The molecule has 0 aliphatic carbocycles. The average Bonchev–Trinajstić information content (AvgIpc) is 2.53. The molecule has 2 rings (SSSR count). The van der Waals surface area contributed by atoms with Gasteiger partial charge in [-0.25, -0.2) is 0 Å². The maximum absolute atomic E-state index is 12.1. The van der Waals surface area contributed by atoms with Gasteiger partial charge in [-0.1, -0.05) is 6.07 Å². The number of hydrogen-bond acceptors (Lipinski definition) is 4. The molecule has 6 nitrogen and oxygen atoms in total. The van der Waals surface area contributed by atoms with Gasteiger partial charge >= 0.3 is 0 Å². The molecule has 1 saturated heterocycles. The summed E-state index contributed by atoms with van der Waals surface area (Å²) in [6.45, 7) is 1.22. The second-order valence-corrected chi connectivity index (χ2v) is 4.87. The van der Waals surface area contributed by atoms with Crippen LogP contribution in [0, 0.1) is 5.92 Å². The van der Waals surface area contributed by atoms with Crippen molar-refractivity contribution in [1.29, 1.82) is 0 Å². The van der Waals surface area contributed by atoms with Crippen molar-refractivity contribution in [3.8, 4) is 5.75 Å². The van der Waals surface area contributed by atoms with Gasteiger partial charge in [-0.15, -0.1) is 0 Å². The summed E-state index contributed by atoms with van der Waals surface area (Å²) in [6.07, 6.45) is 1.50. The monoisotopic (exact) mass is 292 g/mol. The van der Waals surface area contributed by atoms with E-state index < -0.39 is 0 Å². The van der Waals surface area contributed by atoms with Crippen LogP contribution in [0.3, 0.4) is 0 Å². The van der Waals surface area contributed by atoms with Crippen LogP contribution in [-0.2, 0) is 14.3 Å². The zero-order valence-electron chi connectivity index (χ0n) is 12.1. The lowest BCUT2D eigenvalue weighted by Gasteiger charge is -2.21. The molecule has 0 bridgehead atoms.